The van der Waals surface area contributed by atoms with Crippen LogP contribution in [-0.2, 0) is 0 Å². The van der Waals surface area contributed by atoms with Gasteiger partial charge in [-0.3, -0.25) is 0 Å². The van der Waals surface area contributed by atoms with E-state index in [0.717, 1.165) is 18.3 Å². The summed E-state index contributed by atoms with van der Waals surface area (Å²) < 4.78 is 0. The average Bonchev–Trinajstić information content (AvgIpc) is 2.70. The van der Waals surface area contributed by atoms with Crippen LogP contribution in [0.1, 0.15) is 32.1 Å². The molecule has 1 N–H and O–H groups in total. The van der Waals surface area contributed by atoms with Crippen LogP contribution in [0.25, 0.3) is 0 Å². The van der Waals surface area contributed by atoms with Gasteiger partial charge in [-0.15, -0.1) is 6.58 Å². The molecule has 1 aliphatic heterocycles. The van der Waals surface area contributed by atoms with Gasteiger partial charge >= 0.3 is 0 Å². The summed E-state index contributed by atoms with van der Waals surface area (Å²) in [6.07, 6.45) is 10.5. The van der Waals surface area contributed by atoms with E-state index in [4.69, 9.17) is 0 Å². The molecule has 1 fully saturated rings. The van der Waals surface area contributed by atoms with E-state index < -0.39 is 0 Å². The van der Waals surface area contributed by atoms with Gasteiger partial charge in [-0.05, 0) is 37.5 Å². The summed E-state index contributed by atoms with van der Waals surface area (Å²) in [6.45, 7) is 3.81. The smallest absolute Gasteiger partial charge is 0.0518 e. The zero-order chi connectivity index (χ0) is 9.10. The summed E-state index contributed by atoms with van der Waals surface area (Å²) in [5.74, 6) is 1.75. The summed E-state index contributed by atoms with van der Waals surface area (Å²) in [6, 6.07) is 0.634. The highest BCUT2D eigenvalue weighted by Crippen LogP contribution is 2.36. The number of allylic oxidation sites excluding steroid dienone is 1. The van der Waals surface area contributed by atoms with Crippen molar-refractivity contribution in [3.8, 4) is 0 Å². The third-order valence-corrected chi connectivity index (χ3v) is 3.34. The zero-order valence-electron chi connectivity index (χ0n) is 8.08. The molecule has 0 amide bonds. The van der Waals surface area contributed by atoms with Crippen LogP contribution in [0.3, 0.4) is 0 Å². The maximum absolute atomic E-state index is 4.09. The van der Waals surface area contributed by atoms with Crippen LogP contribution < -0.4 is 5.43 Å². The van der Waals surface area contributed by atoms with Crippen molar-refractivity contribution >= 4 is 6.21 Å². The number of nitrogens with one attached hydrogen (secondary N) is 1. The first kappa shape index (κ1) is 8.79. The van der Waals surface area contributed by atoms with Crippen LogP contribution in [-0.4, -0.2) is 12.3 Å². The highest BCUT2D eigenvalue weighted by Gasteiger charge is 2.30. The van der Waals surface area contributed by atoms with Crippen molar-refractivity contribution in [2.45, 2.75) is 38.1 Å². The number of nitrogens with zero attached hydrogens (tertiary/aromatic N) is 1. The van der Waals surface area contributed by atoms with Gasteiger partial charge in [0, 0.05) is 12.6 Å². The van der Waals surface area contributed by atoms with Gasteiger partial charge in [-0.1, -0.05) is 6.08 Å². The van der Waals surface area contributed by atoms with Gasteiger partial charge in [0.15, 0.2) is 0 Å². The molecule has 1 heterocycles. The maximum atomic E-state index is 4.09. The van der Waals surface area contributed by atoms with E-state index in [0.29, 0.717) is 6.04 Å². The second-order valence-corrected chi connectivity index (χ2v) is 4.25. The summed E-state index contributed by atoms with van der Waals surface area (Å²) in [5.41, 5.74) is 3.20. The predicted octanol–water partition coefficient (Wildman–Crippen LogP) is 2.33. The molecule has 0 bridgehead atoms. The molecule has 2 rings (SSSR count). The van der Waals surface area contributed by atoms with Gasteiger partial charge in [0.05, 0.1) is 6.04 Å². The lowest BCUT2D eigenvalue weighted by molar-refractivity contribution is 0.377. The highest BCUT2D eigenvalue weighted by molar-refractivity contribution is 5.59. The van der Waals surface area contributed by atoms with E-state index in [1.807, 2.05) is 6.21 Å². The van der Waals surface area contributed by atoms with Crippen molar-refractivity contribution in [2.24, 2.45) is 16.9 Å². The van der Waals surface area contributed by atoms with Crippen molar-refractivity contribution in [1.82, 2.24) is 5.43 Å². The summed E-state index contributed by atoms with van der Waals surface area (Å²) in [4.78, 5) is 0. The van der Waals surface area contributed by atoms with Crippen LogP contribution in [0.15, 0.2) is 17.8 Å². The molecule has 0 aromatic rings. The van der Waals surface area contributed by atoms with E-state index in [9.17, 15) is 0 Å². The van der Waals surface area contributed by atoms with E-state index in [2.05, 4.69) is 23.2 Å². The second-order valence-electron chi connectivity index (χ2n) is 4.25. The molecule has 0 radical (unpaired) electrons. The molecule has 0 spiro atoms. The molecule has 2 aliphatic rings. The molecular formula is C11H18N2. The monoisotopic (exact) mass is 178 g/mol. The van der Waals surface area contributed by atoms with Gasteiger partial charge in [0.1, 0.15) is 0 Å². The van der Waals surface area contributed by atoms with E-state index in [-0.39, 0.29) is 0 Å². The molecule has 3 unspecified atom stereocenters. The maximum Gasteiger partial charge on any atom is 0.0518 e. The van der Waals surface area contributed by atoms with Crippen molar-refractivity contribution in [1.29, 1.82) is 0 Å². The molecule has 2 nitrogen and oxygen atoms in total. The van der Waals surface area contributed by atoms with Crippen LogP contribution in [0, 0.1) is 11.8 Å². The molecule has 3 atom stereocenters. The first-order chi connectivity index (χ1) is 6.40. The Labute approximate surface area is 80.1 Å². The largest absolute Gasteiger partial charge is 0.307 e. The molecule has 0 saturated heterocycles. The first-order valence-electron chi connectivity index (χ1n) is 5.28. The third kappa shape index (κ3) is 1.93. The molecular weight excluding hydrogens is 160 g/mol. The first-order valence-corrected chi connectivity index (χ1v) is 5.28. The number of hydrazone groups is 1. The fourth-order valence-corrected chi connectivity index (χ4v) is 2.59. The standard InChI is InChI=1S/C11H18N2/c1-2-3-9-4-5-10(8-9)11-6-7-12-13-11/h2,7,9-11,13H,1,3-6,8H2. The Hall–Kier alpha value is -0.790. The number of rotatable bonds is 3. The molecule has 1 saturated carbocycles. The van der Waals surface area contributed by atoms with Crippen LogP contribution in [0.2, 0.25) is 0 Å². The van der Waals surface area contributed by atoms with Crippen molar-refractivity contribution in [3.63, 3.8) is 0 Å². The van der Waals surface area contributed by atoms with Gasteiger partial charge in [0.2, 0.25) is 0 Å². The lowest BCUT2D eigenvalue weighted by atomic mass is 9.95. The van der Waals surface area contributed by atoms with Gasteiger partial charge in [0.25, 0.3) is 0 Å². The molecule has 72 valence electrons. The molecule has 2 heteroatoms. The Morgan fingerprint density at radius 3 is 3.15 bits per heavy atom. The fraction of sp³-hybridized carbons (Fsp3) is 0.727. The lowest BCUT2D eigenvalue weighted by Gasteiger charge is -2.17. The minimum atomic E-state index is 0.634. The van der Waals surface area contributed by atoms with Gasteiger partial charge in [-0.25, -0.2) is 0 Å². The Morgan fingerprint density at radius 1 is 1.54 bits per heavy atom. The summed E-state index contributed by atoms with van der Waals surface area (Å²) in [5, 5.41) is 4.09. The Morgan fingerprint density at radius 2 is 2.46 bits per heavy atom. The molecule has 13 heavy (non-hydrogen) atoms. The zero-order valence-corrected chi connectivity index (χ0v) is 8.08. The van der Waals surface area contributed by atoms with Crippen molar-refractivity contribution < 1.29 is 0 Å². The average molecular weight is 178 g/mol. The second kappa shape index (κ2) is 3.95. The topological polar surface area (TPSA) is 24.4 Å². The fourth-order valence-electron chi connectivity index (χ4n) is 2.59. The van der Waals surface area contributed by atoms with Crippen LogP contribution >= 0.6 is 0 Å². The Kier molecular flexibility index (Phi) is 2.67. The number of hydrogen-bond acceptors (Lipinski definition) is 2. The van der Waals surface area contributed by atoms with Crippen LogP contribution in [0.4, 0.5) is 0 Å². The SMILES string of the molecule is C=CCC1CCC(C2CC=NN2)C1. The molecule has 0 aromatic heterocycles. The highest BCUT2D eigenvalue weighted by atomic mass is 15.3. The Bertz CT molecular complexity index is 202. The van der Waals surface area contributed by atoms with Crippen molar-refractivity contribution in [3.05, 3.63) is 12.7 Å². The van der Waals surface area contributed by atoms with Gasteiger partial charge in [-0.2, -0.15) is 5.10 Å². The minimum Gasteiger partial charge on any atom is -0.307 e. The van der Waals surface area contributed by atoms with E-state index in [1.165, 1.54) is 25.7 Å². The minimum absolute atomic E-state index is 0.634. The lowest BCUT2D eigenvalue weighted by Crippen LogP contribution is -2.27. The molecule has 0 aromatic carbocycles. The van der Waals surface area contributed by atoms with Crippen molar-refractivity contribution in [2.75, 3.05) is 0 Å². The van der Waals surface area contributed by atoms with Gasteiger partial charge < -0.3 is 5.43 Å². The normalized spacial score (nSPS) is 37.7. The number of hydrogen-bond donors (Lipinski definition) is 1. The predicted molar refractivity (Wildman–Crippen MR) is 55.7 cm³/mol. The van der Waals surface area contributed by atoms with E-state index in [1.54, 1.807) is 0 Å². The summed E-state index contributed by atoms with van der Waals surface area (Å²) in [7, 11) is 0. The van der Waals surface area contributed by atoms with E-state index >= 15 is 0 Å². The molecule has 1 aliphatic carbocycles. The van der Waals surface area contributed by atoms with Crippen LogP contribution in [0.5, 0.6) is 0 Å². The quantitative estimate of drug-likeness (QED) is 0.659. The third-order valence-electron chi connectivity index (χ3n) is 3.34. The Balaban J connectivity index is 1.80. The summed E-state index contributed by atoms with van der Waals surface area (Å²) >= 11 is 0.